The molecule has 0 aliphatic heterocycles. The fourth-order valence-corrected chi connectivity index (χ4v) is 2.39. The Kier molecular flexibility index (Phi) is 2.07. The Labute approximate surface area is 85.4 Å². The summed E-state index contributed by atoms with van der Waals surface area (Å²) in [5.41, 5.74) is 6.83. The van der Waals surface area contributed by atoms with Gasteiger partial charge in [0, 0.05) is 0 Å². The van der Waals surface area contributed by atoms with Gasteiger partial charge in [-0.1, -0.05) is 6.07 Å². The van der Waals surface area contributed by atoms with Crippen LogP contribution in [0.15, 0.2) is 6.07 Å². The smallest absolute Gasteiger partial charge is 0.0718 e. The lowest BCUT2D eigenvalue weighted by Gasteiger charge is -2.11. The average Bonchev–Trinajstić information content (AvgIpc) is 2.57. The van der Waals surface area contributed by atoms with Gasteiger partial charge in [0.1, 0.15) is 0 Å². The van der Waals surface area contributed by atoms with Crippen LogP contribution in [0.4, 0.5) is 0 Å². The molecule has 1 unspecified atom stereocenters. The molecule has 1 aliphatic rings. The van der Waals surface area contributed by atoms with Gasteiger partial charge in [-0.3, -0.25) is 0 Å². The standard InChI is InChI=1S/C13H15N/c1-8-6-13-11(7-14)4-5-12(13)10(3)9(8)2/h6,11H,4-5H2,1-3H3. The molecule has 0 aromatic heterocycles. The zero-order valence-electron chi connectivity index (χ0n) is 9.02. The molecule has 14 heavy (non-hydrogen) atoms. The van der Waals surface area contributed by atoms with Gasteiger partial charge < -0.3 is 0 Å². The Morgan fingerprint density at radius 1 is 1.29 bits per heavy atom. The Hall–Kier alpha value is -1.29. The first-order chi connectivity index (χ1) is 6.65. The summed E-state index contributed by atoms with van der Waals surface area (Å²) in [6.07, 6.45) is 2.09. The van der Waals surface area contributed by atoms with Crippen LogP contribution in [0.3, 0.4) is 0 Å². The van der Waals surface area contributed by atoms with Gasteiger partial charge >= 0.3 is 0 Å². The highest BCUT2D eigenvalue weighted by Crippen LogP contribution is 2.36. The third-order valence-electron chi connectivity index (χ3n) is 3.54. The molecule has 1 nitrogen and oxygen atoms in total. The lowest BCUT2D eigenvalue weighted by Crippen LogP contribution is -1.96. The number of hydrogen-bond donors (Lipinski definition) is 0. The molecular formula is C13H15N. The highest BCUT2D eigenvalue weighted by atomic mass is 14.3. The zero-order valence-corrected chi connectivity index (χ0v) is 9.02. The molecule has 0 saturated carbocycles. The van der Waals surface area contributed by atoms with E-state index in [2.05, 4.69) is 32.9 Å². The van der Waals surface area contributed by atoms with Crippen LogP contribution in [0.5, 0.6) is 0 Å². The summed E-state index contributed by atoms with van der Waals surface area (Å²) in [5, 5.41) is 9.01. The number of aryl methyl sites for hydroxylation is 1. The van der Waals surface area contributed by atoms with Crippen molar-refractivity contribution in [1.29, 1.82) is 5.26 Å². The number of hydrogen-bond acceptors (Lipinski definition) is 1. The van der Waals surface area contributed by atoms with Gasteiger partial charge in [-0.25, -0.2) is 0 Å². The molecule has 2 rings (SSSR count). The van der Waals surface area contributed by atoms with E-state index in [0.29, 0.717) is 0 Å². The van der Waals surface area contributed by atoms with Crippen molar-refractivity contribution < 1.29 is 0 Å². The Bertz CT molecular complexity index is 424. The lowest BCUT2D eigenvalue weighted by molar-refractivity contribution is 0.825. The van der Waals surface area contributed by atoms with Gasteiger partial charge in [-0.05, 0) is 61.4 Å². The van der Waals surface area contributed by atoms with E-state index in [4.69, 9.17) is 5.26 Å². The first-order valence-electron chi connectivity index (χ1n) is 5.14. The second kappa shape index (κ2) is 3.13. The van der Waals surface area contributed by atoms with Crippen LogP contribution in [-0.4, -0.2) is 0 Å². The predicted molar refractivity (Wildman–Crippen MR) is 57.3 cm³/mol. The second-order valence-corrected chi connectivity index (χ2v) is 4.23. The van der Waals surface area contributed by atoms with E-state index in [1.54, 1.807) is 0 Å². The minimum atomic E-state index is 0.142. The lowest BCUT2D eigenvalue weighted by atomic mass is 9.93. The summed E-state index contributed by atoms with van der Waals surface area (Å²) < 4.78 is 0. The molecule has 0 radical (unpaired) electrons. The first kappa shape index (κ1) is 9.27. The number of rotatable bonds is 0. The Morgan fingerprint density at radius 2 is 2.00 bits per heavy atom. The van der Waals surface area contributed by atoms with Crippen LogP contribution in [0.25, 0.3) is 0 Å². The maximum Gasteiger partial charge on any atom is 0.0718 e. The molecule has 0 saturated heterocycles. The van der Waals surface area contributed by atoms with Crippen molar-refractivity contribution in [1.82, 2.24) is 0 Å². The van der Waals surface area contributed by atoms with E-state index in [-0.39, 0.29) is 5.92 Å². The number of nitrogens with zero attached hydrogens (tertiary/aromatic N) is 1. The van der Waals surface area contributed by atoms with Crippen LogP contribution in [0.2, 0.25) is 0 Å². The molecule has 0 bridgehead atoms. The molecule has 0 spiro atoms. The van der Waals surface area contributed by atoms with Crippen molar-refractivity contribution in [3.8, 4) is 6.07 Å². The van der Waals surface area contributed by atoms with Gasteiger partial charge in [0.25, 0.3) is 0 Å². The summed E-state index contributed by atoms with van der Waals surface area (Å²) in [6, 6.07) is 4.60. The molecule has 0 fully saturated rings. The van der Waals surface area contributed by atoms with Crippen molar-refractivity contribution in [3.63, 3.8) is 0 Å². The van der Waals surface area contributed by atoms with Crippen molar-refractivity contribution in [2.75, 3.05) is 0 Å². The van der Waals surface area contributed by atoms with Gasteiger partial charge in [0.05, 0.1) is 12.0 Å². The highest BCUT2D eigenvalue weighted by molar-refractivity contribution is 5.49. The number of nitriles is 1. The Balaban J connectivity index is 2.65. The van der Waals surface area contributed by atoms with Gasteiger partial charge in [0.2, 0.25) is 0 Å². The molecule has 1 aliphatic carbocycles. The second-order valence-electron chi connectivity index (χ2n) is 4.23. The minimum absolute atomic E-state index is 0.142. The van der Waals surface area contributed by atoms with Crippen molar-refractivity contribution in [2.24, 2.45) is 0 Å². The molecule has 0 amide bonds. The van der Waals surface area contributed by atoms with E-state index >= 15 is 0 Å². The highest BCUT2D eigenvalue weighted by Gasteiger charge is 2.24. The maximum atomic E-state index is 9.01. The summed E-state index contributed by atoms with van der Waals surface area (Å²) in [6.45, 7) is 6.49. The number of benzene rings is 1. The summed E-state index contributed by atoms with van der Waals surface area (Å²) in [7, 11) is 0. The predicted octanol–water partition coefficient (Wildman–Crippen LogP) is 3.17. The zero-order chi connectivity index (χ0) is 10.3. The summed E-state index contributed by atoms with van der Waals surface area (Å²) in [5.74, 6) is 0.142. The van der Waals surface area contributed by atoms with E-state index < -0.39 is 0 Å². The van der Waals surface area contributed by atoms with Crippen LogP contribution < -0.4 is 0 Å². The van der Waals surface area contributed by atoms with Crippen LogP contribution in [0.1, 0.15) is 40.2 Å². The SMILES string of the molecule is Cc1cc2c(c(C)c1C)CCC2C#N. The molecule has 1 aromatic carbocycles. The third-order valence-corrected chi connectivity index (χ3v) is 3.54. The van der Waals surface area contributed by atoms with Crippen molar-refractivity contribution in [3.05, 3.63) is 33.9 Å². The monoisotopic (exact) mass is 185 g/mol. The van der Waals surface area contributed by atoms with Gasteiger partial charge in [-0.2, -0.15) is 5.26 Å². The molecule has 1 atom stereocenters. The van der Waals surface area contributed by atoms with Gasteiger partial charge in [-0.15, -0.1) is 0 Å². The Morgan fingerprint density at radius 3 is 2.64 bits per heavy atom. The fourth-order valence-electron chi connectivity index (χ4n) is 2.39. The fraction of sp³-hybridized carbons (Fsp3) is 0.462. The molecule has 0 heterocycles. The molecule has 1 heteroatoms. The van der Waals surface area contributed by atoms with E-state index in [9.17, 15) is 0 Å². The largest absolute Gasteiger partial charge is 0.198 e. The van der Waals surface area contributed by atoms with E-state index in [1.165, 1.54) is 27.8 Å². The first-order valence-corrected chi connectivity index (χ1v) is 5.14. The molecular weight excluding hydrogens is 170 g/mol. The molecule has 72 valence electrons. The maximum absolute atomic E-state index is 9.01. The molecule has 1 aromatic rings. The van der Waals surface area contributed by atoms with Crippen LogP contribution in [0, 0.1) is 32.1 Å². The van der Waals surface area contributed by atoms with E-state index in [0.717, 1.165) is 12.8 Å². The quantitative estimate of drug-likeness (QED) is 0.609. The van der Waals surface area contributed by atoms with Gasteiger partial charge in [0.15, 0.2) is 0 Å². The van der Waals surface area contributed by atoms with Crippen LogP contribution >= 0.6 is 0 Å². The minimum Gasteiger partial charge on any atom is -0.198 e. The average molecular weight is 185 g/mol. The van der Waals surface area contributed by atoms with Crippen LogP contribution in [-0.2, 0) is 6.42 Å². The van der Waals surface area contributed by atoms with Crippen molar-refractivity contribution >= 4 is 0 Å². The topological polar surface area (TPSA) is 23.8 Å². The third kappa shape index (κ3) is 1.14. The van der Waals surface area contributed by atoms with E-state index in [1.807, 2.05) is 0 Å². The summed E-state index contributed by atoms with van der Waals surface area (Å²) >= 11 is 0. The summed E-state index contributed by atoms with van der Waals surface area (Å²) in [4.78, 5) is 0. The normalized spacial score (nSPS) is 19.1. The number of fused-ring (bicyclic) bond motifs is 1. The van der Waals surface area contributed by atoms with Crippen molar-refractivity contribution in [2.45, 2.75) is 39.5 Å². The molecule has 0 N–H and O–H groups in total.